The summed E-state index contributed by atoms with van der Waals surface area (Å²) in [5.41, 5.74) is 0.0311. The van der Waals surface area contributed by atoms with Crippen molar-refractivity contribution < 1.29 is 26.4 Å². The Kier molecular flexibility index (Phi) is 3.70. The Morgan fingerprint density at radius 2 is 1.67 bits per heavy atom. The number of hydrogen-bond acceptors (Lipinski definition) is 3. The van der Waals surface area contributed by atoms with Crippen LogP contribution in [0.3, 0.4) is 0 Å². The smallest absolute Gasteiger partial charge is 0.369 e. The van der Waals surface area contributed by atoms with Crippen LogP contribution in [0.25, 0.3) is 0 Å². The van der Waals surface area contributed by atoms with Crippen LogP contribution in [0.4, 0.5) is 13.2 Å². The van der Waals surface area contributed by atoms with Crippen molar-refractivity contribution >= 4 is 15.7 Å². The van der Waals surface area contributed by atoms with Crippen molar-refractivity contribution in [1.82, 2.24) is 0 Å². The highest BCUT2D eigenvalue weighted by atomic mass is 32.2. The molecular formula is C10H10F3NO3S. The van der Waals surface area contributed by atoms with Crippen molar-refractivity contribution in [2.45, 2.75) is 23.2 Å². The lowest BCUT2D eigenvalue weighted by Gasteiger charge is -2.10. The van der Waals surface area contributed by atoms with Gasteiger partial charge in [0.1, 0.15) is 0 Å². The summed E-state index contributed by atoms with van der Waals surface area (Å²) in [5, 5.41) is 0. The van der Waals surface area contributed by atoms with E-state index in [1.165, 1.54) is 6.92 Å². The van der Waals surface area contributed by atoms with Crippen molar-refractivity contribution in [2.24, 2.45) is 5.73 Å². The van der Waals surface area contributed by atoms with E-state index in [2.05, 4.69) is 0 Å². The second-order valence-corrected chi connectivity index (χ2v) is 5.58. The van der Waals surface area contributed by atoms with Gasteiger partial charge in [-0.25, -0.2) is 8.42 Å². The first-order chi connectivity index (χ1) is 8.07. The Bertz CT molecular complexity index is 549. The number of nitrogens with two attached hydrogens (primary N) is 1. The minimum Gasteiger partial charge on any atom is -0.369 e. The molecule has 0 aliphatic heterocycles. The molecule has 1 atom stereocenters. The highest BCUT2D eigenvalue weighted by molar-refractivity contribution is 7.92. The number of carbonyl (C=O) groups is 1. The van der Waals surface area contributed by atoms with E-state index in [1.807, 2.05) is 0 Å². The van der Waals surface area contributed by atoms with Gasteiger partial charge in [-0.1, -0.05) is 12.1 Å². The standard InChI is InChI=1S/C10H10F3NO3S/c1-6(9(14)15)7-2-4-8(5-3-7)18(16,17)10(11,12)13/h2-6H,1H3,(H2,14,15). The molecule has 0 bridgehead atoms. The molecule has 0 radical (unpaired) electrons. The molecule has 1 amide bonds. The van der Waals surface area contributed by atoms with E-state index >= 15 is 0 Å². The highest BCUT2D eigenvalue weighted by Crippen LogP contribution is 2.30. The Morgan fingerprint density at radius 1 is 1.22 bits per heavy atom. The number of amides is 1. The van der Waals surface area contributed by atoms with Crippen molar-refractivity contribution in [3.63, 3.8) is 0 Å². The van der Waals surface area contributed by atoms with Crippen molar-refractivity contribution in [1.29, 1.82) is 0 Å². The van der Waals surface area contributed by atoms with Crippen molar-refractivity contribution in [3.05, 3.63) is 29.8 Å². The zero-order valence-corrected chi connectivity index (χ0v) is 10.0. The van der Waals surface area contributed by atoms with Gasteiger partial charge >= 0.3 is 5.51 Å². The Hall–Kier alpha value is -1.57. The molecule has 0 saturated carbocycles. The molecule has 1 aromatic rings. The highest BCUT2D eigenvalue weighted by Gasteiger charge is 2.46. The van der Waals surface area contributed by atoms with Crippen LogP contribution in [0.15, 0.2) is 29.2 Å². The zero-order chi connectivity index (χ0) is 14.1. The molecule has 1 unspecified atom stereocenters. The lowest BCUT2D eigenvalue weighted by molar-refractivity contribution is -0.119. The van der Waals surface area contributed by atoms with Crippen LogP contribution in [0.2, 0.25) is 0 Å². The number of carbonyl (C=O) groups excluding carboxylic acids is 1. The number of alkyl halides is 3. The van der Waals surface area contributed by atoms with Crippen molar-refractivity contribution in [2.75, 3.05) is 0 Å². The molecule has 0 aliphatic rings. The lowest BCUT2D eigenvalue weighted by atomic mass is 10.0. The summed E-state index contributed by atoms with van der Waals surface area (Å²) in [6, 6.07) is 3.87. The van der Waals surface area contributed by atoms with Crippen molar-refractivity contribution in [3.8, 4) is 0 Å². The molecule has 100 valence electrons. The van der Waals surface area contributed by atoms with E-state index in [-0.39, 0.29) is 0 Å². The molecule has 2 N–H and O–H groups in total. The second-order valence-electron chi connectivity index (χ2n) is 3.64. The monoisotopic (exact) mass is 281 g/mol. The molecule has 1 rings (SSSR count). The Balaban J connectivity index is 3.16. The fourth-order valence-corrected chi connectivity index (χ4v) is 2.00. The van der Waals surface area contributed by atoms with Gasteiger partial charge in [0.2, 0.25) is 5.91 Å². The van der Waals surface area contributed by atoms with E-state index in [0.717, 1.165) is 24.3 Å². The van der Waals surface area contributed by atoms with Crippen LogP contribution < -0.4 is 5.73 Å². The van der Waals surface area contributed by atoms with Crippen LogP contribution in [-0.4, -0.2) is 19.8 Å². The fraction of sp³-hybridized carbons (Fsp3) is 0.300. The third-order valence-electron chi connectivity index (χ3n) is 2.42. The van der Waals surface area contributed by atoms with E-state index in [0.29, 0.717) is 5.56 Å². The maximum Gasteiger partial charge on any atom is 0.501 e. The molecule has 0 saturated heterocycles. The number of hydrogen-bond donors (Lipinski definition) is 1. The summed E-state index contributed by atoms with van der Waals surface area (Å²) in [6.07, 6.45) is 0. The first-order valence-electron chi connectivity index (χ1n) is 4.78. The summed E-state index contributed by atoms with van der Waals surface area (Å²) in [5.74, 6) is -1.35. The number of rotatable bonds is 3. The lowest BCUT2D eigenvalue weighted by Crippen LogP contribution is -2.23. The maximum atomic E-state index is 12.2. The summed E-state index contributed by atoms with van der Waals surface area (Å²) < 4.78 is 58.8. The summed E-state index contributed by atoms with van der Waals surface area (Å²) in [6.45, 7) is 1.47. The predicted octanol–water partition coefficient (Wildman–Crippen LogP) is 1.57. The molecule has 1 aromatic carbocycles. The third kappa shape index (κ3) is 2.63. The predicted molar refractivity (Wildman–Crippen MR) is 57.3 cm³/mol. The van der Waals surface area contributed by atoms with Gasteiger partial charge in [0.05, 0.1) is 10.8 Å². The molecular weight excluding hydrogens is 271 g/mol. The minimum absolute atomic E-state index is 0.351. The molecule has 0 aliphatic carbocycles. The molecule has 0 spiro atoms. The number of benzene rings is 1. The first-order valence-corrected chi connectivity index (χ1v) is 6.26. The van der Waals surface area contributed by atoms with Gasteiger partial charge in [0.25, 0.3) is 9.84 Å². The van der Waals surface area contributed by atoms with Gasteiger partial charge in [-0.05, 0) is 24.6 Å². The zero-order valence-electron chi connectivity index (χ0n) is 9.23. The van der Waals surface area contributed by atoms with Gasteiger partial charge in [-0.3, -0.25) is 4.79 Å². The average molecular weight is 281 g/mol. The number of halogens is 3. The summed E-state index contributed by atoms with van der Waals surface area (Å²) >= 11 is 0. The fourth-order valence-electron chi connectivity index (χ4n) is 1.23. The van der Waals surface area contributed by atoms with E-state index in [4.69, 9.17) is 5.73 Å². The van der Waals surface area contributed by atoms with Crippen LogP contribution in [-0.2, 0) is 14.6 Å². The third-order valence-corrected chi connectivity index (χ3v) is 3.92. The summed E-state index contributed by atoms with van der Waals surface area (Å²) in [7, 11) is -5.36. The van der Waals surface area contributed by atoms with Gasteiger partial charge in [-0.15, -0.1) is 0 Å². The van der Waals surface area contributed by atoms with E-state index < -0.39 is 32.1 Å². The van der Waals surface area contributed by atoms with Gasteiger partial charge in [0, 0.05) is 0 Å². The minimum atomic E-state index is -5.36. The average Bonchev–Trinajstić information content (AvgIpc) is 2.26. The Labute approximate surface area is 102 Å². The molecule has 4 nitrogen and oxygen atoms in total. The van der Waals surface area contributed by atoms with E-state index in [1.54, 1.807) is 0 Å². The molecule has 8 heteroatoms. The van der Waals surface area contributed by atoms with Crippen LogP contribution in [0, 0.1) is 0 Å². The van der Waals surface area contributed by atoms with Gasteiger partial charge in [0.15, 0.2) is 0 Å². The number of primary amides is 1. The maximum absolute atomic E-state index is 12.2. The Morgan fingerprint density at radius 3 is 2.00 bits per heavy atom. The van der Waals surface area contributed by atoms with Gasteiger partial charge < -0.3 is 5.73 Å². The molecule has 18 heavy (non-hydrogen) atoms. The first kappa shape index (κ1) is 14.5. The number of sulfone groups is 1. The topological polar surface area (TPSA) is 77.2 Å². The van der Waals surface area contributed by atoms with Crippen LogP contribution >= 0.6 is 0 Å². The SMILES string of the molecule is CC(C(N)=O)c1ccc(S(=O)(=O)C(F)(F)F)cc1. The van der Waals surface area contributed by atoms with Gasteiger partial charge in [-0.2, -0.15) is 13.2 Å². The summed E-state index contributed by atoms with van der Waals surface area (Å²) in [4.78, 5) is 10.00. The molecule has 0 heterocycles. The largest absolute Gasteiger partial charge is 0.501 e. The molecule has 0 aromatic heterocycles. The quantitative estimate of drug-likeness (QED) is 0.913. The van der Waals surface area contributed by atoms with Crippen LogP contribution in [0.1, 0.15) is 18.4 Å². The van der Waals surface area contributed by atoms with E-state index in [9.17, 15) is 26.4 Å². The van der Waals surface area contributed by atoms with Crippen LogP contribution in [0.5, 0.6) is 0 Å². The second kappa shape index (κ2) is 4.60. The normalized spacial score (nSPS) is 14.2. The molecule has 0 fully saturated rings.